The molecule has 0 spiro atoms. The summed E-state index contributed by atoms with van der Waals surface area (Å²) in [5.74, 6) is 0.330. The average Bonchev–Trinajstić information content (AvgIpc) is 2.93. The van der Waals surface area contributed by atoms with Crippen LogP contribution in [0.3, 0.4) is 0 Å². The third-order valence-corrected chi connectivity index (χ3v) is 7.05. The van der Waals surface area contributed by atoms with Crippen LogP contribution in [0.4, 0.5) is 0 Å². The number of hydrogen-bond acceptors (Lipinski definition) is 4. The van der Waals surface area contributed by atoms with Crippen LogP contribution in [0.1, 0.15) is 29.1 Å². The van der Waals surface area contributed by atoms with E-state index in [1.807, 2.05) is 91.9 Å². The summed E-state index contributed by atoms with van der Waals surface area (Å²) in [6.07, 6.45) is 0. The first-order valence-corrected chi connectivity index (χ1v) is 12.8. The van der Waals surface area contributed by atoms with E-state index in [1.165, 1.54) is 0 Å². The highest BCUT2D eigenvalue weighted by Gasteiger charge is 2.27. The molecule has 0 bridgehead atoms. The second-order valence-corrected chi connectivity index (χ2v) is 9.75. The van der Waals surface area contributed by atoms with Gasteiger partial charge in [0.1, 0.15) is 5.82 Å². The van der Waals surface area contributed by atoms with Gasteiger partial charge in [-0.1, -0.05) is 58.4 Å². The molecule has 1 atom stereocenters. The van der Waals surface area contributed by atoms with Crippen molar-refractivity contribution >= 4 is 43.5 Å². The highest BCUT2D eigenvalue weighted by molar-refractivity contribution is 9.10. The third-order valence-electron chi connectivity index (χ3n) is 6.52. The number of ether oxygens (including phenoxy) is 1. The fraction of sp³-hybridized carbons (Fsp3) is 0.167. The lowest BCUT2D eigenvalue weighted by Gasteiger charge is -2.30. The topological polar surface area (TPSA) is 64.4 Å². The SMILES string of the molecule is COCCN(C(=O)c1ccc2ccccc2c1)C(C)c1nc2ccccc2c(=O)n1-c1ccc(Br)cc1. The molecule has 7 heteroatoms. The highest BCUT2D eigenvalue weighted by atomic mass is 79.9. The van der Waals surface area contributed by atoms with Gasteiger partial charge in [-0.15, -0.1) is 0 Å². The van der Waals surface area contributed by atoms with E-state index in [0.717, 1.165) is 15.2 Å². The number of carbonyl (C=O) groups is 1. The van der Waals surface area contributed by atoms with E-state index >= 15 is 0 Å². The van der Waals surface area contributed by atoms with E-state index in [9.17, 15) is 9.59 Å². The molecule has 0 aliphatic rings. The number of benzene rings is 4. The summed E-state index contributed by atoms with van der Waals surface area (Å²) >= 11 is 3.47. The van der Waals surface area contributed by atoms with Gasteiger partial charge in [0, 0.05) is 23.7 Å². The van der Waals surface area contributed by atoms with Crippen LogP contribution in [0.5, 0.6) is 0 Å². The van der Waals surface area contributed by atoms with Crippen LogP contribution in [-0.2, 0) is 4.74 Å². The molecule has 4 aromatic carbocycles. The summed E-state index contributed by atoms with van der Waals surface area (Å²) in [5.41, 5.74) is 1.66. The fourth-order valence-corrected chi connectivity index (χ4v) is 4.82. The van der Waals surface area contributed by atoms with Gasteiger partial charge in [-0.05, 0) is 66.2 Å². The molecule has 1 heterocycles. The second-order valence-electron chi connectivity index (χ2n) is 8.83. The maximum Gasteiger partial charge on any atom is 0.266 e. The summed E-state index contributed by atoms with van der Waals surface area (Å²) in [6, 6.07) is 27.9. The molecule has 0 N–H and O–H groups in total. The Balaban J connectivity index is 1.65. The molecule has 1 amide bonds. The Hall–Kier alpha value is -3.81. The molecule has 0 saturated heterocycles. The number of para-hydroxylation sites is 1. The lowest BCUT2D eigenvalue weighted by Crippen LogP contribution is -2.39. The number of fused-ring (bicyclic) bond motifs is 2. The predicted octanol–water partition coefficient (Wildman–Crippen LogP) is 6.15. The summed E-state index contributed by atoms with van der Waals surface area (Å²) in [5, 5.41) is 2.57. The monoisotopic (exact) mass is 555 g/mol. The van der Waals surface area contributed by atoms with Gasteiger partial charge >= 0.3 is 0 Å². The number of carbonyl (C=O) groups excluding carboxylic acids is 1. The van der Waals surface area contributed by atoms with E-state index in [-0.39, 0.29) is 11.5 Å². The third kappa shape index (κ3) is 4.92. The standard InChI is InChI=1S/C30H26BrN3O3/c1-20(33(17-18-37-2)29(35)23-12-11-21-7-3-4-8-22(21)19-23)28-32-27-10-6-5-9-26(27)30(36)34(28)25-15-13-24(31)14-16-25/h3-16,19-20H,17-18H2,1-2H3. The Morgan fingerprint density at radius 1 is 0.973 bits per heavy atom. The number of hydrogen-bond donors (Lipinski definition) is 0. The number of aromatic nitrogens is 2. The van der Waals surface area contributed by atoms with Crippen LogP contribution in [0.25, 0.3) is 27.4 Å². The van der Waals surface area contributed by atoms with Crippen LogP contribution in [0.2, 0.25) is 0 Å². The van der Waals surface area contributed by atoms with Crippen molar-refractivity contribution in [2.75, 3.05) is 20.3 Å². The minimum Gasteiger partial charge on any atom is -0.383 e. The molecule has 0 aliphatic heterocycles. The molecular weight excluding hydrogens is 530 g/mol. The van der Waals surface area contributed by atoms with Gasteiger partial charge < -0.3 is 9.64 Å². The molecule has 37 heavy (non-hydrogen) atoms. The minimum atomic E-state index is -0.518. The number of halogens is 1. The Bertz CT molecular complexity index is 1650. The Morgan fingerprint density at radius 3 is 2.43 bits per heavy atom. The number of rotatable bonds is 7. The normalized spacial score (nSPS) is 12.1. The summed E-state index contributed by atoms with van der Waals surface area (Å²) in [6.45, 7) is 2.59. The molecule has 0 aliphatic carbocycles. The van der Waals surface area contributed by atoms with Gasteiger partial charge in [-0.2, -0.15) is 0 Å². The largest absolute Gasteiger partial charge is 0.383 e. The van der Waals surface area contributed by atoms with Gasteiger partial charge in [0.25, 0.3) is 11.5 Å². The lowest BCUT2D eigenvalue weighted by molar-refractivity contribution is 0.0605. The Kier molecular flexibility index (Phi) is 7.17. The maximum atomic E-state index is 13.9. The summed E-state index contributed by atoms with van der Waals surface area (Å²) in [7, 11) is 1.61. The van der Waals surface area contributed by atoms with Crippen molar-refractivity contribution in [3.05, 3.63) is 117 Å². The van der Waals surface area contributed by atoms with Crippen molar-refractivity contribution < 1.29 is 9.53 Å². The summed E-state index contributed by atoms with van der Waals surface area (Å²) in [4.78, 5) is 34.3. The summed E-state index contributed by atoms with van der Waals surface area (Å²) < 4.78 is 7.86. The lowest BCUT2D eigenvalue weighted by atomic mass is 10.1. The van der Waals surface area contributed by atoms with E-state index < -0.39 is 6.04 Å². The van der Waals surface area contributed by atoms with Gasteiger partial charge in [0.05, 0.1) is 29.2 Å². The molecule has 0 radical (unpaired) electrons. The van der Waals surface area contributed by atoms with Gasteiger partial charge in [-0.3, -0.25) is 14.2 Å². The fourth-order valence-electron chi connectivity index (χ4n) is 4.56. The van der Waals surface area contributed by atoms with E-state index in [1.54, 1.807) is 22.6 Å². The molecule has 1 unspecified atom stereocenters. The zero-order valence-electron chi connectivity index (χ0n) is 20.6. The molecule has 186 valence electrons. The molecule has 5 aromatic rings. The Morgan fingerprint density at radius 2 is 1.68 bits per heavy atom. The average molecular weight is 556 g/mol. The molecular formula is C30H26BrN3O3. The van der Waals surface area contributed by atoms with Crippen LogP contribution in [-0.4, -0.2) is 40.6 Å². The first-order chi connectivity index (χ1) is 18.0. The van der Waals surface area contributed by atoms with E-state index in [4.69, 9.17) is 9.72 Å². The van der Waals surface area contributed by atoms with Gasteiger partial charge in [-0.25, -0.2) is 4.98 Å². The molecule has 0 fully saturated rings. The number of nitrogens with zero attached hydrogens (tertiary/aromatic N) is 3. The smallest absolute Gasteiger partial charge is 0.266 e. The first-order valence-electron chi connectivity index (χ1n) is 12.0. The van der Waals surface area contributed by atoms with E-state index in [2.05, 4.69) is 15.9 Å². The Labute approximate surface area is 223 Å². The molecule has 5 rings (SSSR count). The zero-order valence-corrected chi connectivity index (χ0v) is 22.2. The van der Waals surface area contributed by atoms with Crippen LogP contribution < -0.4 is 5.56 Å². The second kappa shape index (κ2) is 10.7. The number of methoxy groups -OCH3 is 1. The van der Waals surface area contributed by atoms with Crippen molar-refractivity contribution in [2.45, 2.75) is 13.0 Å². The van der Waals surface area contributed by atoms with Gasteiger partial charge in [0.2, 0.25) is 0 Å². The first kappa shape index (κ1) is 24.9. The van der Waals surface area contributed by atoms with Crippen LogP contribution in [0.15, 0.2) is 100 Å². The van der Waals surface area contributed by atoms with Crippen molar-refractivity contribution in [1.82, 2.24) is 14.5 Å². The maximum absolute atomic E-state index is 13.9. The molecule has 0 saturated carbocycles. The minimum absolute atomic E-state index is 0.153. The van der Waals surface area contributed by atoms with Gasteiger partial charge in [0.15, 0.2) is 0 Å². The van der Waals surface area contributed by atoms with E-state index in [0.29, 0.717) is 41.1 Å². The molecule has 1 aromatic heterocycles. The van der Waals surface area contributed by atoms with Crippen molar-refractivity contribution in [3.8, 4) is 5.69 Å². The highest BCUT2D eigenvalue weighted by Crippen LogP contribution is 2.26. The van der Waals surface area contributed by atoms with Crippen LogP contribution in [0, 0.1) is 0 Å². The van der Waals surface area contributed by atoms with Crippen LogP contribution >= 0.6 is 15.9 Å². The predicted molar refractivity (Wildman–Crippen MR) is 150 cm³/mol. The van der Waals surface area contributed by atoms with Crippen molar-refractivity contribution in [2.24, 2.45) is 0 Å². The molecule has 6 nitrogen and oxygen atoms in total. The van der Waals surface area contributed by atoms with Crippen molar-refractivity contribution in [3.63, 3.8) is 0 Å². The zero-order chi connectivity index (χ0) is 25.9. The number of amides is 1. The quantitative estimate of drug-likeness (QED) is 0.241. The van der Waals surface area contributed by atoms with Crippen molar-refractivity contribution in [1.29, 1.82) is 0 Å².